The van der Waals surface area contributed by atoms with Gasteiger partial charge >= 0.3 is 0 Å². The third-order valence-corrected chi connectivity index (χ3v) is 2.80. The van der Waals surface area contributed by atoms with Gasteiger partial charge in [0.05, 0.1) is 5.52 Å². The Morgan fingerprint density at radius 3 is 3.00 bits per heavy atom. The Kier molecular flexibility index (Phi) is 1.29. The van der Waals surface area contributed by atoms with Crippen molar-refractivity contribution in [1.29, 1.82) is 0 Å². The molecule has 66 valence electrons. The maximum Gasteiger partial charge on any atom is 0.0926 e. The number of aryl methyl sites for hydroxylation is 1. The summed E-state index contributed by atoms with van der Waals surface area (Å²) >= 11 is 0. The number of rotatable bonds is 1. The molecule has 1 aliphatic rings. The lowest BCUT2D eigenvalue weighted by Gasteiger charge is -1.97. The van der Waals surface area contributed by atoms with Crippen molar-refractivity contribution in [2.24, 2.45) is 0 Å². The van der Waals surface area contributed by atoms with Crippen molar-refractivity contribution in [2.75, 3.05) is 0 Å². The van der Waals surface area contributed by atoms with Crippen LogP contribution >= 0.6 is 0 Å². The first kappa shape index (κ1) is 7.13. The Labute approximate surface area is 77.0 Å². The van der Waals surface area contributed by atoms with E-state index in [1.165, 1.54) is 29.5 Å². The maximum absolute atomic E-state index is 4.32. The Bertz CT molecular complexity index is 452. The molecule has 2 nitrogen and oxygen atoms in total. The molecule has 1 aromatic heterocycles. The van der Waals surface area contributed by atoms with Crippen molar-refractivity contribution < 1.29 is 0 Å². The molecule has 2 aromatic rings. The molecule has 0 spiro atoms. The van der Waals surface area contributed by atoms with Crippen LogP contribution in [0.2, 0.25) is 0 Å². The van der Waals surface area contributed by atoms with Gasteiger partial charge in [0, 0.05) is 17.0 Å². The second-order valence-corrected chi connectivity index (χ2v) is 3.88. The first-order valence-electron chi connectivity index (χ1n) is 4.80. The molecule has 0 aliphatic heterocycles. The minimum atomic E-state index is 0.756. The highest BCUT2D eigenvalue weighted by atomic mass is 15.1. The summed E-state index contributed by atoms with van der Waals surface area (Å²) in [6.45, 7) is 2.16. The van der Waals surface area contributed by atoms with E-state index in [0.29, 0.717) is 0 Å². The van der Waals surface area contributed by atoms with Gasteiger partial charge < -0.3 is 0 Å². The molecule has 1 aromatic carbocycles. The fraction of sp³-hybridized carbons (Fsp3) is 0.364. The van der Waals surface area contributed by atoms with Crippen LogP contribution in [0.5, 0.6) is 0 Å². The Morgan fingerprint density at radius 1 is 1.38 bits per heavy atom. The molecule has 1 fully saturated rings. The highest BCUT2D eigenvalue weighted by molar-refractivity contribution is 5.85. The van der Waals surface area contributed by atoms with Crippen LogP contribution in [0.3, 0.4) is 0 Å². The molecule has 1 saturated carbocycles. The normalized spacial score (nSPS) is 16.7. The van der Waals surface area contributed by atoms with Crippen molar-refractivity contribution in [2.45, 2.75) is 25.7 Å². The van der Waals surface area contributed by atoms with E-state index in [9.17, 15) is 0 Å². The summed E-state index contributed by atoms with van der Waals surface area (Å²) < 4.78 is 0. The van der Waals surface area contributed by atoms with Gasteiger partial charge in [-0.3, -0.25) is 5.10 Å². The number of nitrogens with zero attached hydrogens (tertiary/aromatic N) is 1. The molecule has 0 bridgehead atoms. The van der Waals surface area contributed by atoms with Gasteiger partial charge in [-0.05, 0) is 31.4 Å². The number of H-pyrrole nitrogens is 1. The Balaban J connectivity index is 2.34. The minimum absolute atomic E-state index is 0.756. The topological polar surface area (TPSA) is 28.7 Å². The smallest absolute Gasteiger partial charge is 0.0926 e. The average Bonchev–Trinajstić information content (AvgIpc) is 2.87. The van der Waals surface area contributed by atoms with Gasteiger partial charge in [-0.15, -0.1) is 0 Å². The Hall–Kier alpha value is -1.31. The molecule has 13 heavy (non-hydrogen) atoms. The molecular formula is C11H12N2. The molecule has 0 saturated heterocycles. The summed E-state index contributed by atoms with van der Waals surface area (Å²) in [4.78, 5) is 0. The van der Waals surface area contributed by atoms with E-state index in [0.717, 1.165) is 11.4 Å². The average molecular weight is 172 g/mol. The van der Waals surface area contributed by atoms with E-state index >= 15 is 0 Å². The third kappa shape index (κ3) is 0.981. The van der Waals surface area contributed by atoms with E-state index in [1.54, 1.807) is 0 Å². The first-order chi connectivity index (χ1) is 6.36. The number of fused-ring (bicyclic) bond motifs is 1. The van der Waals surface area contributed by atoms with E-state index in [4.69, 9.17) is 0 Å². The number of benzene rings is 1. The van der Waals surface area contributed by atoms with Crippen LogP contribution < -0.4 is 0 Å². The molecule has 2 heteroatoms. The minimum Gasteiger partial charge on any atom is -0.281 e. The van der Waals surface area contributed by atoms with Crippen molar-refractivity contribution in [3.63, 3.8) is 0 Å². The van der Waals surface area contributed by atoms with Crippen LogP contribution in [-0.2, 0) is 0 Å². The zero-order valence-electron chi connectivity index (χ0n) is 7.67. The number of aromatic nitrogens is 2. The van der Waals surface area contributed by atoms with Crippen molar-refractivity contribution in [1.82, 2.24) is 10.2 Å². The number of hydrogen-bond donors (Lipinski definition) is 1. The third-order valence-electron chi connectivity index (χ3n) is 2.80. The molecule has 0 radical (unpaired) electrons. The molecule has 0 atom stereocenters. The van der Waals surface area contributed by atoms with Crippen LogP contribution in [-0.4, -0.2) is 10.2 Å². The Morgan fingerprint density at radius 2 is 2.23 bits per heavy atom. The fourth-order valence-corrected chi connectivity index (χ4v) is 1.94. The van der Waals surface area contributed by atoms with E-state index in [-0.39, 0.29) is 0 Å². The summed E-state index contributed by atoms with van der Waals surface area (Å²) in [6, 6.07) is 6.30. The van der Waals surface area contributed by atoms with Crippen molar-refractivity contribution in [3.05, 3.63) is 29.5 Å². The van der Waals surface area contributed by atoms with Gasteiger partial charge in [0.1, 0.15) is 0 Å². The van der Waals surface area contributed by atoms with Gasteiger partial charge in [-0.1, -0.05) is 12.1 Å². The molecule has 1 heterocycles. The lowest BCUT2D eigenvalue weighted by Crippen LogP contribution is -1.81. The van der Waals surface area contributed by atoms with Crippen LogP contribution in [0.15, 0.2) is 18.2 Å². The number of hydrogen-bond acceptors (Lipinski definition) is 1. The maximum atomic E-state index is 4.32. The number of nitrogens with one attached hydrogen (secondary N) is 1. The van der Waals surface area contributed by atoms with Gasteiger partial charge in [0.2, 0.25) is 0 Å². The van der Waals surface area contributed by atoms with Crippen LogP contribution in [0.25, 0.3) is 10.9 Å². The van der Waals surface area contributed by atoms with Crippen LogP contribution in [0.4, 0.5) is 0 Å². The largest absolute Gasteiger partial charge is 0.281 e. The lowest BCUT2D eigenvalue weighted by atomic mass is 10.1. The second-order valence-electron chi connectivity index (χ2n) is 3.88. The molecule has 0 unspecified atom stereocenters. The summed E-state index contributed by atoms with van der Waals surface area (Å²) in [5.41, 5.74) is 3.81. The van der Waals surface area contributed by atoms with E-state index < -0.39 is 0 Å². The second kappa shape index (κ2) is 2.34. The summed E-state index contributed by atoms with van der Waals surface area (Å²) in [5.74, 6) is 0.756. The van der Waals surface area contributed by atoms with Gasteiger partial charge in [-0.2, -0.15) is 5.10 Å². The highest BCUT2D eigenvalue weighted by Gasteiger charge is 2.27. The van der Waals surface area contributed by atoms with E-state index in [1.807, 2.05) is 0 Å². The van der Waals surface area contributed by atoms with Gasteiger partial charge in [-0.25, -0.2) is 0 Å². The van der Waals surface area contributed by atoms with Crippen molar-refractivity contribution >= 4 is 10.9 Å². The van der Waals surface area contributed by atoms with Gasteiger partial charge in [0.25, 0.3) is 0 Å². The van der Waals surface area contributed by atoms with Gasteiger partial charge in [0.15, 0.2) is 0 Å². The summed E-state index contributed by atoms with van der Waals surface area (Å²) in [5, 5.41) is 8.83. The van der Waals surface area contributed by atoms with Crippen molar-refractivity contribution in [3.8, 4) is 0 Å². The van der Waals surface area contributed by atoms with Crippen LogP contribution in [0, 0.1) is 6.92 Å². The predicted molar refractivity (Wildman–Crippen MR) is 52.8 cm³/mol. The zero-order valence-corrected chi connectivity index (χ0v) is 7.67. The highest BCUT2D eigenvalue weighted by Crippen LogP contribution is 2.42. The molecule has 0 amide bonds. The molecule has 3 rings (SSSR count). The zero-order chi connectivity index (χ0) is 8.84. The monoisotopic (exact) mass is 172 g/mol. The molecular weight excluding hydrogens is 160 g/mol. The van der Waals surface area contributed by atoms with E-state index in [2.05, 4.69) is 35.3 Å². The predicted octanol–water partition coefficient (Wildman–Crippen LogP) is 2.75. The SMILES string of the molecule is Cc1cccc2n[nH]c(C3CC3)c12. The lowest BCUT2D eigenvalue weighted by molar-refractivity contribution is 0.978. The quantitative estimate of drug-likeness (QED) is 0.704. The fourth-order valence-electron chi connectivity index (χ4n) is 1.94. The van der Waals surface area contributed by atoms with Crippen LogP contribution in [0.1, 0.15) is 30.0 Å². The summed E-state index contributed by atoms with van der Waals surface area (Å²) in [7, 11) is 0. The first-order valence-corrected chi connectivity index (χ1v) is 4.80. The summed E-state index contributed by atoms with van der Waals surface area (Å²) in [6.07, 6.45) is 2.65. The molecule has 1 aliphatic carbocycles. The standard InChI is InChI=1S/C11H12N2/c1-7-3-2-4-9-10(7)11(13-12-9)8-5-6-8/h2-4,8H,5-6H2,1H3,(H,12,13). The molecule has 1 N–H and O–H groups in total. The number of aromatic amines is 1.